The van der Waals surface area contributed by atoms with Crippen molar-refractivity contribution >= 4 is 29.4 Å². The van der Waals surface area contributed by atoms with Crippen LogP contribution in [0.1, 0.15) is 26.3 Å². The lowest BCUT2D eigenvalue weighted by Crippen LogP contribution is -2.26. The molecule has 7 heteroatoms. The normalized spacial score (nSPS) is 12.1. The minimum Gasteiger partial charge on any atom is -0.443 e. The highest BCUT2D eigenvalue weighted by molar-refractivity contribution is 5.89. The molecule has 118 valence electrons. The van der Waals surface area contributed by atoms with E-state index >= 15 is 0 Å². The van der Waals surface area contributed by atoms with Gasteiger partial charge in [-0.1, -0.05) is 0 Å². The number of aryl methyl sites for hydroxylation is 1. The van der Waals surface area contributed by atoms with Crippen molar-refractivity contribution in [1.82, 2.24) is 19.4 Å². The van der Waals surface area contributed by atoms with E-state index in [1.165, 1.54) is 4.57 Å². The van der Waals surface area contributed by atoms with Crippen LogP contribution in [0.3, 0.4) is 0 Å². The quantitative estimate of drug-likeness (QED) is 0.630. The number of carbonyl (C=O) groups excluding carboxylic acids is 1. The van der Waals surface area contributed by atoms with E-state index in [9.17, 15) is 4.79 Å². The fourth-order valence-electron chi connectivity index (χ4n) is 1.85. The molecule has 2 aromatic heterocycles. The van der Waals surface area contributed by atoms with Gasteiger partial charge in [-0.2, -0.15) is 0 Å². The molecule has 22 heavy (non-hydrogen) atoms. The van der Waals surface area contributed by atoms with Gasteiger partial charge in [-0.15, -0.1) is 0 Å². The van der Waals surface area contributed by atoms with Gasteiger partial charge in [-0.25, -0.2) is 24.3 Å². The Labute approximate surface area is 129 Å². The SMILES string of the molecule is Cc1cn(C(=O)OC(C)(C)C)c2cnc(/N=C/N(C)C)nc12. The van der Waals surface area contributed by atoms with Crippen molar-refractivity contribution in [2.75, 3.05) is 14.1 Å². The fraction of sp³-hybridized carbons (Fsp3) is 0.467. The summed E-state index contributed by atoms with van der Waals surface area (Å²) in [5, 5.41) is 0. The molecule has 0 radical (unpaired) electrons. The molecule has 0 saturated heterocycles. The molecular weight excluding hydrogens is 282 g/mol. The lowest BCUT2D eigenvalue weighted by Gasteiger charge is -2.19. The van der Waals surface area contributed by atoms with Gasteiger partial charge in [-0.05, 0) is 33.3 Å². The van der Waals surface area contributed by atoms with E-state index < -0.39 is 11.7 Å². The summed E-state index contributed by atoms with van der Waals surface area (Å²) in [5.74, 6) is 0.353. The van der Waals surface area contributed by atoms with Gasteiger partial charge in [0.2, 0.25) is 0 Å². The van der Waals surface area contributed by atoms with Crippen LogP contribution in [-0.4, -0.2) is 51.6 Å². The molecule has 0 aliphatic carbocycles. The molecule has 2 aromatic rings. The number of rotatable bonds is 2. The first-order chi connectivity index (χ1) is 10.2. The Balaban J connectivity index is 2.41. The number of fused-ring (bicyclic) bond motifs is 1. The van der Waals surface area contributed by atoms with Gasteiger partial charge in [-0.3, -0.25) is 0 Å². The fourth-order valence-corrected chi connectivity index (χ4v) is 1.85. The summed E-state index contributed by atoms with van der Waals surface area (Å²) >= 11 is 0. The number of ether oxygens (including phenoxy) is 1. The Morgan fingerprint density at radius 3 is 2.68 bits per heavy atom. The number of nitrogens with zero attached hydrogens (tertiary/aromatic N) is 5. The third-order valence-corrected chi connectivity index (χ3v) is 2.71. The lowest BCUT2D eigenvalue weighted by molar-refractivity contribution is 0.0544. The van der Waals surface area contributed by atoms with E-state index in [-0.39, 0.29) is 0 Å². The summed E-state index contributed by atoms with van der Waals surface area (Å²) in [6.07, 6.45) is 4.47. The van der Waals surface area contributed by atoms with Gasteiger partial charge in [0.25, 0.3) is 5.95 Å². The maximum absolute atomic E-state index is 12.2. The van der Waals surface area contributed by atoms with Crippen LogP contribution in [0.5, 0.6) is 0 Å². The third kappa shape index (κ3) is 3.60. The van der Waals surface area contributed by atoms with Gasteiger partial charge in [0.05, 0.1) is 23.6 Å². The van der Waals surface area contributed by atoms with Crippen molar-refractivity contribution in [3.63, 3.8) is 0 Å². The first kappa shape index (κ1) is 15.9. The zero-order chi connectivity index (χ0) is 16.5. The van der Waals surface area contributed by atoms with Crippen LogP contribution in [0.4, 0.5) is 10.7 Å². The maximum atomic E-state index is 12.2. The number of hydrogen-bond acceptors (Lipinski definition) is 5. The van der Waals surface area contributed by atoms with Crippen LogP contribution >= 0.6 is 0 Å². The largest absolute Gasteiger partial charge is 0.443 e. The monoisotopic (exact) mass is 303 g/mol. The van der Waals surface area contributed by atoms with Gasteiger partial charge in [0, 0.05) is 20.3 Å². The standard InChI is InChI=1S/C15H21N5O2/c1-10-8-20(14(21)22-15(2,3)4)11-7-16-13(18-12(10)11)17-9-19(5)6/h7-9H,1-6H3/b17-9+. The second-order valence-electron chi connectivity index (χ2n) is 6.27. The minimum atomic E-state index is -0.557. The van der Waals surface area contributed by atoms with E-state index in [1.807, 2.05) is 41.8 Å². The zero-order valence-electron chi connectivity index (χ0n) is 13.8. The van der Waals surface area contributed by atoms with E-state index in [1.54, 1.807) is 23.6 Å². The molecule has 0 aromatic carbocycles. The first-order valence-electron chi connectivity index (χ1n) is 6.96. The highest BCUT2D eigenvalue weighted by Crippen LogP contribution is 2.21. The number of aliphatic imine (C=N–C) groups is 1. The molecule has 0 aliphatic heterocycles. The van der Waals surface area contributed by atoms with E-state index in [0.717, 1.165) is 5.56 Å². The molecular formula is C15H21N5O2. The molecule has 0 aliphatic rings. The summed E-state index contributed by atoms with van der Waals surface area (Å²) in [4.78, 5) is 26.7. The van der Waals surface area contributed by atoms with E-state index in [4.69, 9.17) is 4.74 Å². The van der Waals surface area contributed by atoms with Crippen molar-refractivity contribution in [3.8, 4) is 0 Å². The Hall–Kier alpha value is -2.44. The summed E-state index contributed by atoms with van der Waals surface area (Å²) in [7, 11) is 3.73. The molecule has 0 bridgehead atoms. The second-order valence-corrected chi connectivity index (χ2v) is 6.27. The summed E-state index contributed by atoms with van der Waals surface area (Å²) in [6, 6.07) is 0. The number of carbonyl (C=O) groups is 1. The van der Waals surface area contributed by atoms with Gasteiger partial charge in [0.15, 0.2) is 0 Å². The molecule has 2 rings (SSSR count). The van der Waals surface area contributed by atoms with Crippen LogP contribution in [0.25, 0.3) is 11.0 Å². The Morgan fingerprint density at radius 2 is 2.09 bits per heavy atom. The summed E-state index contributed by atoms with van der Waals surface area (Å²) in [6.45, 7) is 7.37. The molecule has 0 fully saturated rings. The Bertz CT molecular complexity index is 725. The van der Waals surface area contributed by atoms with Crippen LogP contribution in [0.2, 0.25) is 0 Å². The molecule has 0 atom stereocenters. The zero-order valence-corrected chi connectivity index (χ0v) is 13.8. The van der Waals surface area contributed by atoms with Crippen molar-refractivity contribution < 1.29 is 9.53 Å². The van der Waals surface area contributed by atoms with E-state index in [2.05, 4.69) is 15.0 Å². The van der Waals surface area contributed by atoms with Crippen molar-refractivity contribution in [1.29, 1.82) is 0 Å². The molecule has 0 saturated carbocycles. The first-order valence-corrected chi connectivity index (χ1v) is 6.96. The molecule has 0 spiro atoms. The molecule has 2 heterocycles. The van der Waals surface area contributed by atoms with E-state index in [0.29, 0.717) is 17.0 Å². The lowest BCUT2D eigenvalue weighted by atomic mass is 10.2. The molecule has 0 N–H and O–H groups in total. The van der Waals surface area contributed by atoms with Crippen LogP contribution in [0, 0.1) is 6.92 Å². The smallest absolute Gasteiger partial charge is 0.419 e. The van der Waals surface area contributed by atoms with Gasteiger partial charge in [0.1, 0.15) is 5.60 Å². The topological polar surface area (TPSA) is 72.6 Å². The highest BCUT2D eigenvalue weighted by Gasteiger charge is 2.20. The molecule has 7 nitrogen and oxygen atoms in total. The number of aromatic nitrogens is 3. The Morgan fingerprint density at radius 1 is 1.41 bits per heavy atom. The highest BCUT2D eigenvalue weighted by atomic mass is 16.6. The number of hydrogen-bond donors (Lipinski definition) is 0. The minimum absolute atomic E-state index is 0.353. The summed E-state index contributed by atoms with van der Waals surface area (Å²) < 4.78 is 6.81. The maximum Gasteiger partial charge on any atom is 0.419 e. The van der Waals surface area contributed by atoms with Crippen LogP contribution < -0.4 is 0 Å². The Kier molecular flexibility index (Phi) is 4.16. The predicted octanol–water partition coefficient (Wildman–Crippen LogP) is 2.74. The van der Waals surface area contributed by atoms with Crippen molar-refractivity contribution in [2.24, 2.45) is 4.99 Å². The van der Waals surface area contributed by atoms with Gasteiger partial charge >= 0.3 is 6.09 Å². The van der Waals surface area contributed by atoms with Crippen molar-refractivity contribution in [2.45, 2.75) is 33.3 Å². The second kappa shape index (κ2) is 5.75. The predicted molar refractivity (Wildman–Crippen MR) is 85.7 cm³/mol. The van der Waals surface area contributed by atoms with Crippen LogP contribution in [0.15, 0.2) is 17.4 Å². The summed E-state index contributed by atoms with van der Waals surface area (Å²) in [5.41, 5.74) is 1.60. The van der Waals surface area contributed by atoms with Gasteiger partial charge < -0.3 is 9.64 Å². The molecule has 0 unspecified atom stereocenters. The average Bonchev–Trinajstić information content (AvgIpc) is 2.72. The van der Waals surface area contributed by atoms with Crippen LogP contribution in [-0.2, 0) is 4.74 Å². The third-order valence-electron chi connectivity index (χ3n) is 2.71. The van der Waals surface area contributed by atoms with Crippen molar-refractivity contribution in [3.05, 3.63) is 18.0 Å². The molecule has 0 amide bonds. The average molecular weight is 303 g/mol.